The van der Waals surface area contributed by atoms with Crippen molar-refractivity contribution in [3.8, 4) is 34.3 Å². The summed E-state index contributed by atoms with van der Waals surface area (Å²) in [6, 6.07) is 24.8. The maximum absolute atomic E-state index is 13.4. The molecule has 0 unspecified atom stereocenters. The lowest BCUT2D eigenvalue weighted by molar-refractivity contribution is 0.355. The van der Waals surface area contributed by atoms with E-state index < -0.39 is 0 Å². The molecular formula is C44H45F2N5O4. The number of anilines is 2. The summed E-state index contributed by atoms with van der Waals surface area (Å²) in [5.41, 5.74) is 5.13. The van der Waals surface area contributed by atoms with Gasteiger partial charge in [0.05, 0.1) is 36.0 Å². The second-order valence-corrected chi connectivity index (χ2v) is 11.4. The van der Waals surface area contributed by atoms with E-state index in [0.717, 1.165) is 12.0 Å². The lowest BCUT2D eigenvalue weighted by Gasteiger charge is -2.12. The molecule has 9 nitrogen and oxygen atoms in total. The third-order valence-corrected chi connectivity index (χ3v) is 8.33. The second-order valence-electron chi connectivity index (χ2n) is 11.4. The fraction of sp³-hybridized carbons (Fsp3) is 0.182. The van der Waals surface area contributed by atoms with Crippen LogP contribution in [0.5, 0.6) is 23.1 Å². The number of nitrogens with zero attached hydrogens (tertiary/aromatic N) is 3. The number of fused-ring (bicyclic) bond motifs is 2. The fourth-order valence-electron chi connectivity index (χ4n) is 5.63. The number of rotatable bonds is 9. The lowest BCUT2D eigenvalue weighted by atomic mass is 10.0. The number of allylic oxidation sites excluding steroid dienone is 2. The van der Waals surface area contributed by atoms with E-state index in [2.05, 4.69) is 38.3 Å². The Bertz CT molecular complexity index is 2420. The molecule has 0 amide bonds. The van der Waals surface area contributed by atoms with Gasteiger partial charge < -0.3 is 24.5 Å². The van der Waals surface area contributed by atoms with Crippen LogP contribution in [0.3, 0.4) is 0 Å². The highest BCUT2D eigenvalue weighted by molar-refractivity contribution is 5.93. The van der Waals surface area contributed by atoms with Crippen molar-refractivity contribution >= 4 is 38.9 Å². The van der Waals surface area contributed by atoms with E-state index in [1.165, 1.54) is 36.2 Å². The Morgan fingerprint density at radius 1 is 0.836 bits per heavy atom. The zero-order valence-electron chi connectivity index (χ0n) is 30.9. The van der Waals surface area contributed by atoms with Crippen molar-refractivity contribution in [3.05, 3.63) is 143 Å². The van der Waals surface area contributed by atoms with Crippen LogP contribution >= 0.6 is 0 Å². The predicted octanol–water partition coefficient (Wildman–Crippen LogP) is 11.5. The van der Waals surface area contributed by atoms with Crippen molar-refractivity contribution in [2.24, 2.45) is 0 Å². The highest BCUT2D eigenvalue weighted by atomic mass is 19.1. The van der Waals surface area contributed by atoms with E-state index in [-0.39, 0.29) is 24.5 Å². The first-order valence-electron chi connectivity index (χ1n) is 17.4. The van der Waals surface area contributed by atoms with Gasteiger partial charge in [0, 0.05) is 29.7 Å². The van der Waals surface area contributed by atoms with Crippen LogP contribution in [0.1, 0.15) is 47.1 Å². The molecule has 11 heteroatoms. The van der Waals surface area contributed by atoms with Crippen molar-refractivity contribution in [1.82, 2.24) is 19.9 Å². The number of hydrogen-bond acceptors (Lipinski definition) is 8. The van der Waals surface area contributed by atoms with Crippen LogP contribution in [0.2, 0.25) is 0 Å². The van der Waals surface area contributed by atoms with Crippen LogP contribution in [0.4, 0.5) is 20.3 Å². The average molecular weight is 746 g/mol. The molecule has 3 heterocycles. The van der Waals surface area contributed by atoms with Gasteiger partial charge in [-0.1, -0.05) is 58.5 Å². The highest BCUT2D eigenvalue weighted by Crippen LogP contribution is 2.36. The molecule has 0 atom stereocenters. The minimum absolute atomic E-state index is 0. The Morgan fingerprint density at radius 3 is 2.09 bits per heavy atom. The third-order valence-electron chi connectivity index (χ3n) is 8.33. The van der Waals surface area contributed by atoms with Crippen molar-refractivity contribution < 1.29 is 23.0 Å². The molecule has 2 N–H and O–H groups in total. The number of benzene rings is 4. The standard InChI is InChI=1S/C30H22FN5O4.C11H13F.C2H6.CH4/c1-38-25-13-21-24(14-26(25)39-2)34-16-35-30(21)40-20-9-7-19(8-10-20)36-29-27-23(11-12-32-29)33-15-22(28(27)37)17-3-5-18(31)6-4-17;1-3-9(4-2)10-5-7-11(12)8-6-10;1-2;/h3-16H,1-2H3,(H,32,36)(H,33,37);3,5-8H,4H2,1-2H3;1-2H3;1H4/b;9-3+;;. The molecule has 0 spiro atoms. The average Bonchev–Trinajstić information content (AvgIpc) is 3.21. The number of nitrogens with one attached hydrogen (secondary N) is 2. The summed E-state index contributed by atoms with van der Waals surface area (Å²) in [6.07, 6.45) is 7.70. The first-order valence-corrected chi connectivity index (χ1v) is 17.4. The number of ether oxygens (including phenoxy) is 3. The van der Waals surface area contributed by atoms with Crippen LogP contribution in [0.25, 0.3) is 38.5 Å². The molecule has 0 fully saturated rings. The van der Waals surface area contributed by atoms with Crippen LogP contribution in [-0.4, -0.2) is 34.2 Å². The molecule has 7 aromatic rings. The third kappa shape index (κ3) is 9.68. The van der Waals surface area contributed by atoms with Gasteiger partial charge in [0.2, 0.25) is 11.3 Å². The number of methoxy groups -OCH3 is 2. The van der Waals surface area contributed by atoms with Crippen molar-refractivity contribution in [3.63, 3.8) is 0 Å². The van der Waals surface area contributed by atoms with Crippen LogP contribution < -0.4 is 25.0 Å². The summed E-state index contributed by atoms with van der Waals surface area (Å²) in [4.78, 5) is 29.6. The summed E-state index contributed by atoms with van der Waals surface area (Å²) < 4.78 is 42.8. The Labute approximate surface area is 319 Å². The Balaban J connectivity index is 0.000000383. The first-order chi connectivity index (χ1) is 26.3. The summed E-state index contributed by atoms with van der Waals surface area (Å²) >= 11 is 0. The van der Waals surface area contributed by atoms with E-state index in [1.54, 1.807) is 81.2 Å². The molecule has 0 bridgehead atoms. The van der Waals surface area contributed by atoms with E-state index in [9.17, 15) is 13.6 Å². The van der Waals surface area contributed by atoms with E-state index >= 15 is 0 Å². The van der Waals surface area contributed by atoms with Gasteiger partial charge in [-0.05, 0) is 90.7 Å². The lowest BCUT2D eigenvalue weighted by Crippen LogP contribution is -2.09. The van der Waals surface area contributed by atoms with Gasteiger partial charge in [0.25, 0.3) is 0 Å². The SMILES string of the molecule is C.C/C=C(\CC)c1ccc(F)cc1.CC.COc1cc2ncnc(Oc3ccc(Nc4nccc5[nH]cc(-c6ccc(F)cc6)c(=O)c45)cc3)c2cc1OC. The molecule has 284 valence electrons. The largest absolute Gasteiger partial charge is 0.493 e. The highest BCUT2D eigenvalue weighted by Gasteiger charge is 2.15. The molecule has 3 aromatic heterocycles. The topological polar surface area (TPSA) is 111 Å². The molecule has 0 saturated carbocycles. The quantitative estimate of drug-likeness (QED) is 0.150. The van der Waals surface area contributed by atoms with Crippen LogP contribution in [0, 0.1) is 11.6 Å². The Hall–Kier alpha value is -6.62. The van der Waals surface area contributed by atoms with Crippen molar-refractivity contribution in [1.29, 1.82) is 0 Å². The number of pyridine rings is 2. The maximum atomic E-state index is 13.4. The van der Waals surface area contributed by atoms with Crippen molar-refractivity contribution in [2.45, 2.75) is 41.5 Å². The van der Waals surface area contributed by atoms with Crippen molar-refractivity contribution in [2.75, 3.05) is 19.5 Å². The molecule has 7 rings (SSSR count). The number of halogens is 2. The molecular weight excluding hydrogens is 701 g/mol. The molecule has 55 heavy (non-hydrogen) atoms. The van der Waals surface area contributed by atoms with E-state index in [1.807, 2.05) is 32.9 Å². The summed E-state index contributed by atoms with van der Waals surface area (Å²) in [5, 5.41) is 4.28. The van der Waals surface area contributed by atoms with Gasteiger partial charge in [0.15, 0.2) is 11.5 Å². The predicted molar refractivity (Wildman–Crippen MR) is 219 cm³/mol. The normalized spacial score (nSPS) is 10.7. The Kier molecular flexibility index (Phi) is 14.6. The maximum Gasteiger partial charge on any atom is 0.230 e. The summed E-state index contributed by atoms with van der Waals surface area (Å²) in [5.74, 6) is 1.84. The second kappa shape index (κ2) is 19.5. The van der Waals surface area contributed by atoms with Gasteiger partial charge in [-0.3, -0.25) is 4.79 Å². The molecule has 0 radical (unpaired) electrons. The summed E-state index contributed by atoms with van der Waals surface area (Å²) in [7, 11) is 3.12. The number of hydrogen-bond donors (Lipinski definition) is 2. The minimum atomic E-state index is -0.370. The molecule has 0 aliphatic carbocycles. The minimum Gasteiger partial charge on any atom is -0.493 e. The fourth-order valence-corrected chi connectivity index (χ4v) is 5.63. The smallest absolute Gasteiger partial charge is 0.230 e. The molecule has 0 saturated heterocycles. The molecule has 0 aliphatic heterocycles. The zero-order valence-corrected chi connectivity index (χ0v) is 30.9. The number of aromatic amines is 1. The van der Waals surface area contributed by atoms with Gasteiger partial charge in [-0.2, -0.15) is 0 Å². The summed E-state index contributed by atoms with van der Waals surface area (Å²) in [6.45, 7) is 8.10. The monoisotopic (exact) mass is 745 g/mol. The van der Waals surface area contributed by atoms with Gasteiger partial charge >= 0.3 is 0 Å². The van der Waals surface area contributed by atoms with Gasteiger partial charge in [-0.25, -0.2) is 23.7 Å². The van der Waals surface area contributed by atoms with E-state index in [4.69, 9.17) is 14.2 Å². The van der Waals surface area contributed by atoms with Crippen LogP contribution in [0.15, 0.2) is 121 Å². The first kappa shape index (κ1) is 41.1. The zero-order chi connectivity index (χ0) is 38.6. The van der Waals surface area contributed by atoms with Crippen LogP contribution in [-0.2, 0) is 0 Å². The Morgan fingerprint density at radius 2 is 1.47 bits per heavy atom. The molecule has 0 aliphatic rings. The van der Waals surface area contributed by atoms with E-state index in [0.29, 0.717) is 67.6 Å². The number of H-pyrrole nitrogens is 1. The van der Waals surface area contributed by atoms with Gasteiger partial charge in [0.1, 0.15) is 29.5 Å². The number of aromatic nitrogens is 4. The van der Waals surface area contributed by atoms with Gasteiger partial charge in [-0.15, -0.1) is 0 Å². The molecule has 4 aromatic carbocycles.